The van der Waals surface area contributed by atoms with Crippen LogP contribution >= 0.6 is 0 Å². The van der Waals surface area contributed by atoms with Crippen LogP contribution in [0.5, 0.6) is 0 Å². The third kappa shape index (κ3) is 5.17. The topological polar surface area (TPSA) is 45.2 Å². The van der Waals surface area contributed by atoms with E-state index in [-0.39, 0.29) is 11.4 Å². The molecule has 0 aliphatic carbocycles. The minimum atomic E-state index is -0.127. The van der Waals surface area contributed by atoms with Crippen LogP contribution in [0, 0.1) is 0 Å². The first-order chi connectivity index (χ1) is 12.9. The van der Waals surface area contributed by atoms with Crippen LogP contribution in [0.2, 0.25) is 0 Å². The zero-order valence-electron chi connectivity index (χ0n) is 16.0. The number of pyridine rings is 1. The van der Waals surface area contributed by atoms with Gasteiger partial charge in [-0.3, -0.25) is 4.79 Å². The van der Waals surface area contributed by atoms with Gasteiger partial charge < -0.3 is 10.2 Å². The molecule has 0 bridgehead atoms. The number of amides is 1. The van der Waals surface area contributed by atoms with Crippen LogP contribution in [0.1, 0.15) is 36.7 Å². The number of carbonyl (C=O) groups is 1. The quantitative estimate of drug-likeness (QED) is 0.686. The summed E-state index contributed by atoms with van der Waals surface area (Å²) in [5.41, 5.74) is 2.43. The number of anilines is 2. The minimum Gasteiger partial charge on any atom is -0.365 e. The fourth-order valence-corrected chi connectivity index (χ4v) is 2.83. The lowest BCUT2D eigenvalue weighted by Crippen LogP contribution is -2.31. The minimum absolute atomic E-state index is 0.0515. The van der Waals surface area contributed by atoms with Gasteiger partial charge in [0, 0.05) is 23.0 Å². The van der Waals surface area contributed by atoms with Crippen molar-refractivity contribution in [2.75, 3.05) is 10.2 Å². The standard InChI is InChI=1S/C23H25N3O/c1-23(2,3)25-21-16-19(14-15-24-21)22(27)26(20-12-8-5-9-13-20)17-18-10-6-4-7-11-18/h4-16H,17H2,1-3H3,(H,24,25). The lowest BCUT2D eigenvalue weighted by atomic mass is 10.1. The van der Waals surface area contributed by atoms with Gasteiger partial charge >= 0.3 is 0 Å². The average molecular weight is 359 g/mol. The zero-order valence-corrected chi connectivity index (χ0v) is 16.0. The van der Waals surface area contributed by atoms with E-state index in [1.54, 1.807) is 17.2 Å². The molecule has 1 N–H and O–H groups in total. The number of carbonyl (C=O) groups excluding carboxylic acids is 1. The molecule has 1 heterocycles. The maximum Gasteiger partial charge on any atom is 0.258 e. The number of hydrogen-bond acceptors (Lipinski definition) is 3. The van der Waals surface area contributed by atoms with Crippen molar-refractivity contribution in [2.24, 2.45) is 0 Å². The molecule has 4 heteroatoms. The van der Waals surface area contributed by atoms with Crippen LogP contribution in [0.25, 0.3) is 0 Å². The highest BCUT2D eigenvalue weighted by Gasteiger charge is 2.19. The third-order valence-corrected chi connectivity index (χ3v) is 4.01. The Labute approximate surface area is 160 Å². The van der Waals surface area contributed by atoms with Crippen LogP contribution in [0.4, 0.5) is 11.5 Å². The monoisotopic (exact) mass is 359 g/mol. The van der Waals surface area contributed by atoms with Crippen molar-refractivity contribution in [3.63, 3.8) is 0 Å². The lowest BCUT2D eigenvalue weighted by Gasteiger charge is -2.24. The average Bonchev–Trinajstić information content (AvgIpc) is 2.66. The van der Waals surface area contributed by atoms with Gasteiger partial charge in [0.2, 0.25) is 0 Å². The molecule has 0 saturated carbocycles. The summed E-state index contributed by atoms with van der Waals surface area (Å²) in [5.74, 6) is 0.644. The largest absolute Gasteiger partial charge is 0.365 e. The van der Waals surface area contributed by atoms with Crippen LogP contribution in [-0.2, 0) is 6.54 Å². The van der Waals surface area contributed by atoms with Crippen molar-refractivity contribution in [3.8, 4) is 0 Å². The Balaban J connectivity index is 1.92. The number of benzene rings is 2. The Morgan fingerprint density at radius 1 is 0.963 bits per heavy atom. The summed E-state index contributed by atoms with van der Waals surface area (Å²) in [7, 11) is 0. The molecule has 2 aromatic carbocycles. The van der Waals surface area contributed by atoms with Gasteiger partial charge in [-0.2, -0.15) is 0 Å². The van der Waals surface area contributed by atoms with Crippen LogP contribution in [-0.4, -0.2) is 16.4 Å². The smallest absolute Gasteiger partial charge is 0.258 e. The van der Waals surface area contributed by atoms with Gasteiger partial charge in [-0.15, -0.1) is 0 Å². The molecule has 3 aromatic rings. The molecule has 0 aliphatic rings. The maximum atomic E-state index is 13.3. The lowest BCUT2D eigenvalue weighted by molar-refractivity contribution is 0.0985. The van der Waals surface area contributed by atoms with Crippen molar-refractivity contribution in [2.45, 2.75) is 32.9 Å². The van der Waals surface area contributed by atoms with E-state index in [9.17, 15) is 4.79 Å². The summed E-state index contributed by atoms with van der Waals surface area (Å²) in [4.78, 5) is 19.5. The van der Waals surface area contributed by atoms with Gasteiger partial charge in [0.1, 0.15) is 5.82 Å². The third-order valence-electron chi connectivity index (χ3n) is 4.01. The molecule has 1 amide bonds. The SMILES string of the molecule is CC(C)(C)Nc1cc(C(=O)N(Cc2ccccc2)c2ccccc2)ccn1. The summed E-state index contributed by atoms with van der Waals surface area (Å²) in [5, 5.41) is 3.32. The fourth-order valence-electron chi connectivity index (χ4n) is 2.83. The molecule has 0 unspecified atom stereocenters. The molecule has 0 atom stereocenters. The number of aromatic nitrogens is 1. The van der Waals surface area contributed by atoms with E-state index in [0.29, 0.717) is 17.9 Å². The Morgan fingerprint density at radius 3 is 2.22 bits per heavy atom. The van der Waals surface area contributed by atoms with Gasteiger partial charge in [-0.25, -0.2) is 4.98 Å². The van der Waals surface area contributed by atoms with E-state index in [0.717, 1.165) is 11.3 Å². The predicted octanol–water partition coefficient (Wildman–Crippen LogP) is 5.14. The highest BCUT2D eigenvalue weighted by Crippen LogP contribution is 2.21. The highest BCUT2D eigenvalue weighted by molar-refractivity contribution is 6.06. The second kappa shape index (κ2) is 8.04. The van der Waals surface area contributed by atoms with Gasteiger partial charge in [0.25, 0.3) is 5.91 Å². The van der Waals surface area contributed by atoms with E-state index >= 15 is 0 Å². The molecule has 0 spiro atoms. The van der Waals surface area contributed by atoms with Crippen molar-refractivity contribution in [1.82, 2.24) is 4.98 Å². The van der Waals surface area contributed by atoms with Gasteiger partial charge in [-0.05, 0) is 50.6 Å². The van der Waals surface area contributed by atoms with Gasteiger partial charge in [0.15, 0.2) is 0 Å². The molecule has 0 aliphatic heterocycles. The van der Waals surface area contributed by atoms with Crippen LogP contribution in [0.15, 0.2) is 79.0 Å². The number of rotatable bonds is 5. The van der Waals surface area contributed by atoms with Gasteiger partial charge in [0.05, 0.1) is 6.54 Å². The molecule has 0 fully saturated rings. The van der Waals surface area contributed by atoms with Crippen molar-refractivity contribution >= 4 is 17.4 Å². The first kappa shape index (κ1) is 18.6. The second-order valence-electron chi connectivity index (χ2n) is 7.52. The summed E-state index contributed by atoms with van der Waals surface area (Å²) in [6.07, 6.45) is 1.67. The molecule has 0 radical (unpaired) electrons. The summed E-state index contributed by atoms with van der Waals surface area (Å²) in [6, 6.07) is 23.3. The van der Waals surface area contributed by atoms with E-state index < -0.39 is 0 Å². The Kier molecular flexibility index (Phi) is 5.55. The molecule has 138 valence electrons. The van der Waals surface area contributed by atoms with Crippen molar-refractivity contribution in [1.29, 1.82) is 0 Å². The predicted molar refractivity (Wildman–Crippen MR) is 111 cm³/mol. The number of hydrogen-bond donors (Lipinski definition) is 1. The molecule has 27 heavy (non-hydrogen) atoms. The van der Waals surface area contributed by atoms with Crippen molar-refractivity contribution < 1.29 is 4.79 Å². The Morgan fingerprint density at radius 2 is 1.59 bits per heavy atom. The number of nitrogens with zero attached hydrogens (tertiary/aromatic N) is 2. The second-order valence-corrected chi connectivity index (χ2v) is 7.52. The van der Waals surface area contributed by atoms with E-state index in [2.05, 4.69) is 31.1 Å². The number of nitrogens with one attached hydrogen (secondary N) is 1. The Bertz CT molecular complexity index is 886. The van der Waals surface area contributed by atoms with E-state index in [1.807, 2.05) is 66.7 Å². The molecule has 3 rings (SSSR count). The molecule has 4 nitrogen and oxygen atoms in total. The molecular formula is C23H25N3O. The first-order valence-electron chi connectivity index (χ1n) is 9.07. The molecular weight excluding hydrogens is 334 g/mol. The fraction of sp³-hybridized carbons (Fsp3) is 0.217. The van der Waals surface area contributed by atoms with Crippen molar-refractivity contribution in [3.05, 3.63) is 90.1 Å². The summed E-state index contributed by atoms with van der Waals surface area (Å²) < 4.78 is 0. The number of para-hydroxylation sites is 1. The molecule has 0 saturated heterocycles. The first-order valence-corrected chi connectivity index (χ1v) is 9.07. The highest BCUT2D eigenvalue weighted by atomic mass is 16.2. The van der Waals surface area contributed by atoms with Crippen LogP contribution in [0.3, 0.4) is 0 Å². The Hall–Kier alpha value is -3.14. The summed E-state index contributed by atoms with van der Waals surface area (Å²) in [6.45, 7) is 6.70. The maximum absolute atomic E-state index is 13.3. The summed E-state index contributed by atoms with van der Waals surface area (Å²) >= 11 is 0. The van der Waals surface area contributed by atoms with E-state index in [4.69, 9.17) is 0 Å². The van der Waals surface area contributed by atoms with Crippen LogP contribution < -0.4 is 10.2 Å². The molecule has 1 aromatic heterocycles. The van der Waals surface area contributed by atoms with Gasteiger partial charge in [-0.1, -0.05) is 48.5 Å². The van der Waals surface area contributed by atoms with E-state index in [1.165, 1.54) is 0 Å². The zero-order chi connectivity index (χ0) is 19.3. The normalized spacial score (nSPS) is 11.1.